The van der Waals surface area contributed by atoms with Crippen molar-refractivity contribution in [2.75, 3.05) is 10.6 Å². The molecule has 0 saturated heterocycles. The summed E-state index contributed by atoms with van der Waals surface area (Å²) in [5.74, 6) is 1.57. The lowest BCUT2D eigenvalue weighted by Crippen LogP contribution is -2.07. The van der Waals surface area contributed by atoms with Crippen LogP contribution in [0.2, 0.25) is 0 Å². The minimum atomic E-state index is 0.593. The molecule has 0 radical (unpaired) electrons. The third-order valence-corrected chi connectivity index (χ3v) is 3.70. The second-order valence-corrected chi connectivity index (χ2v) is 6.04. The van der Waals surface area contributed by atoms with Crippen LogP contribution in [0.5, 0.6) is 0 Å². The van der Waals surface area contributed by atoms with E-state index < -0.39 is 0 Å². The van der Waals surface area contributed by atoms with E-state index in [0.29, 0.717) is 12.0 Å². The number of hydrogen-bond donors (Lipinski definition) is 2. The van der Waals surface area contributed by atoms with Gasteiger partial charge in [-0.25, -0.2) is 4.98 Å². The summed E-state index contributed by atoms with van der Waals surface area (Å²) in [6.07, 6.45) is 2.48. The second kappa shape index (κ2) is 5.35. The smallest absolute Gasteiger partial charge is 0.229 e. The first-order valence-electron chi connectivity index (χ1n) is 7.48. The van der Waals surface area contributed by atoms with Gasteiger partial charge in [-0.2, -0.15) is 4.98 Å². The molecule has 1 aliphatic rings. The van der Waals surface area contributed by atoms with Crippen molar-refractivity contribution in [1.29, 1.82) is 0 Å². The zero-order chi connectivity index (χ0) is 15.0. The number of aryl methyl sites for hydroxylation is 4. The summed E-state index contributed by atoms with van der Waals surface area (Å²) < 4.78 is 0. The molecule has 1 aromatic heterocycles. The fourth-order valence-electron chi connectivity index (χ4n) is 2.62. The highest BCUT2D eigenvalue weighted by Crippen LogP contribution is 2.27. The molecule has 1 aromatic carbocycles. The van der Waals surface area contributed by atoms with E-state index in [-0.39, 0.29) is 0 Å². The molecule has 4 nitrogen and oxygen atoms in total. The molecule has 0 spiro atoms. The van der Waals surface area contributed by atoms with Crippen molar-refractivity contribution in [3.05, 3.63) is 40.6 Å². The minimum Gasteiger partial charge on any atom is -0.367 e. The summed E-state index contributed by atoms with van der Waals surface area (Å²) in [6, 6.07) is 6.94. The van der Waals surface area contributed by atoms with E-state index in [1.807, 2.05) is 13.0 Å². The molecule has 3 rings (SSSR count). The molecular formula is C17H22N4. The Bertz CT molecular complexity index is 651. The minimum absolute atomic E-state index is 0.593. The van der Waals surface area contributed by atoms with E-state index in [1.54, 1.807) is 0 Å². The lowest BCUT2D eigenvalue weighted by molar-refractivity contribution is 1.06. The Hall–Kier alpha value is -2.10. The molecule has 21 heavy (non-hydrogen) atoms. The number of benzene rings is 1. The van der Waals surface area contributed by atoms with Gasteiger partial charge < -0.3 is 10.6 Å². The van der Waals surface area contributed by atoms with Gasteiger partial charge in [0.1, 0.15) is 5.82 Å². The average Bonchev–Trinajstić information content (AvgIpc) is 3.17. The van der Waals surface area contributed by atoms with Crippen LogP contribution in [-0.2, 0) is 0 Å². The molecule has 1 heterocycles. The first-order valence-corrected chi connectivity index (χ1v) is 7.48. The van der Waals surface area contributed by atoms with Gasteiger partial charge in [0.2, 0.25) is 5.95 Å². The topological polar surface area (TPSA) is 49.8 Å². The standard InChI is InChI=1S/C17H22N4/c1-10-7-11(2)16(12(3)8-10)21-17-18-13(4)9-15(20-17)19-14-5-6-14/h7-9,14H,5-6H2,1-4H3,(H2,18,19,20,21). The maximum atomic E-state index is 4.58. The Morgan fingerprint density at radius 1 is 0.952 bits per heavy atom. The zero-order valence-corrected chi connectivity index (χ0v) is 13.1. The molecule has 0 aliphatic heterocycles. The molecule has 110 valence electrons. The first kappa shape index (κ1) is 13.9. The van der Waals surface area contributed by atoms with E-state index in [1.165, 1.54) is 29.5 Å². The molecule has 0 unspecified atom stereocenters. The molecule has 2 aromatic rings. The summed E-state index contributed by atoms with van der Waals surface area (Å²) >= 11 is 0. The highest BCUT2D eigenvalue weighted by molar-refractivity contribution is 5.64. The van der Waals surface area contributed by atoms with Gasteiger partial charge >= 0.3 is 0 Å². The maximum absolute atomic E-state index is 4.58. The Morgan fingerprint density at radius 2 is 1.62 bits per heavy atom. The Balaban J connectivity index is 1.88. The van der Waals surface area contributed by atoms with Crippen molar-refractivity contribution in [3.63, 3.8) is 0 Å². The number of nitrogens with zero attached hydrogens (tertiary/aromatic N) is 2. The summed E-state index contributed by atoms with van der Waals surface area (Å²) in [5, 5.41) is 6.81. The van der Waals surface area contributed by atoms with Gasteiger partial charge in [-0.1, -0.05) is 17.7 Å². The van der Waals surface area contributed by atoms with Gasteiger partial charge in [0, 0.05) is 23.5 Å². The first-order chi connectivity index (χ1) is 10.0. The van der Waals surface area contributed by atoms with Gasteiger partial charge in [0.15, 0.2) is 0 Å². The summed E-state index contributed by atoms with van der Waals surface area (Å²) in [4.78, 5) is 9.08. The van der Waals surface area contributed by atoms with Crippen LogP contribution in [0.3, 0.4) is 0 Å². The summed E-state index contributed by atoms with van der Waals surface area (Å²) in [5.41, 5.74) is 5.78. The summed E-state index contributed by atoms with van der Waals surface area (Å²) in [6.45, 7) is 8.34. The monoisotopic (exact) mass is 282 g/mol. The van der Waals surface area contributed by atoms with Crippen LogP contribution < -0.4 is 10.6 Å². The van der Waals surface area contributed by atoms with Crippen LogP contribution in [-0.4, -0.2) is 16.0 Å². The third kappa shape index (κ3) is 3.32. The zero-order valence-electron chi connectivity index (χ0n) is 13.1. The van der Waals surface area contributed by atoms with E-state index in [9.17, 15) is 0 Å². The lowest BCUT2D eigenvalue weighted by Gasteiger charge is -2.14. The number of hydrogen-bond acceptors (Lipinski definition) is 4. The van der Waals surface area contributed by atoms with Crippen LogP contribution in [0.25, 0.3) is 0 Å². The largest absolute Gasteiger partial charge is 0.367 e. The molecule has 1 fully saturated rings. The van der Waals surface area contributed by atoms with E-state index in [2.05, 4.69) is 53.5 Å². The van der Waals surface area contributed by atoms with E-state index in [4.69, 9.17) is 0 Å². The predicted octanol–water partition coefficient (Wildman–Crippen LogP) is 4.03. The Morgan fingerprint density at radius 3 is 2.24 bits per heavy atom. The average molecular weight is 282 g/mol. The fraction of sp³-hybridized carbons (Fsp3) is 0.412. The van der Waals surface area contributed by atoms with Crippen LogP contribution >= 0.6 is 0 Å². The highest BCUT2D eigenvalue weighted by atomic mass is 15.2. The molecule has 0 bridgehead atoms. The van der Waals surface area contributed by atoms with Gasteiger partial charge in [-0.3, -0.25) is 0 Å². The highest BCUT2D eigenvalue weighted by Gasteiger charge is 2.21. The lowest BCUT2D eigenvalue weighted by atomic mass is 10.1. The number of rotatable bonds is 4. The van der Waals surface area contributed by atoms with Gasteiger partial charge in [-0.15, -0.1) is 0 Å². The Kier molecular flexibility index (Phi) is 3.53. The van der Waals surface area contributed by atoms with E-state index in [0.717, 1.165) is 17.2 Å². The predicted molar refractivity (Wildman–Crippen MR) is 87.3 cm³/mol. The summed E-state index contributed by atoms with van der Waals surface area (Å²) in [7, 11) is 0. The number of nitrogens with one attached hydrogen (secondary N) is 2. The molecule has 1 aliphatic carbocycles. The quantitative estimate of drug-likeness (QED) is 0.889. The van der Waals surface area contributed by atoms with Gasteiger partial charge in [0.05, 0.1) is 0 Å². The van der Waals surface area contributed by atoms with Crippen LogP contribution in [0.1, 0.15) is 35.2 Å². The van der Waals surface area contributed by atoms with Crippen LogP contribution in [0.15, 0.2) is 18.2 Å². The van der Waals surface area contributed by atoms with Crippen molar-refractivity contribution in [3.8, 4) is 0 Å². The molecule has 2 N–H and O–H groups in total. The van der Waals surface area contributed by atoms with Crippen molar-refractivity contribution in [2.24, 2.45) is 0 Å². The molecule has 4 heteroatoms. The molecule has 0 amide bonds. The van der Waals surface area contributed by atoms with Crippen LogP contribution in [0, 0.1) is 27.7 Å². The maximum Gasteiger partial charge on any atom is 0.229 e. The fourth-order valence-corrected chi connectivity index (χ4v) is 2.62. The second-order valence-electron chi connectivity index (χ2n) is 6.04. The molecule has 0 atom stereocenters. The van der Waals surface area contributed by atoms with Gasteiger partial charge in [0.25, 0.3) is 0 Å². The van der Waals surface area contributed by atoms with Crippen LogP contribution in [0.4, 0.5) is 17.5 Å². The Labute approximate surface area is 126 Å². The third-order valence-electron chi connectivity index (χ3n) is 3.70. The molecule has 1 saturated carbocycles. The molecular weight excluding hydrogens is 260 g/mol. The van der Waals surface area contributed by atoms with Crippen molar-refractivity contribution in [2.45, 2.75) is 46.6 Å². The number of anilines is 3. The SMILES string of the molecule is Cc1cc(C)c(Nc2nc(C)cc(NC3CC3)n2)c(C)c1. The van der Waals surface area contributed by atoms with Crippen molar-refractivity contribution >= 4 is 17.5 Å². The van der Waals surface area contributed by atoms with E-state index >= 15 is 0 Å². The van der Waals surface area contributed by atoms with Crippen molar-refractivity contribution < 1.29 is 0 Å². The van der Waals surface area contributed by atoms with Gasteiger partial charge in [-0.05, 0) is 51.7 Å². The van der Waals surface area contributed by atoms with Crippen molar-refractivity contribution in [1.82, 2.24) is 9.97 Å². The number of aromatic nitrogens is 2. The normalized spacial score (nSPS) is 14.1.